The molecule has 19 heavy (non-hydrogen) atoms. The molecule has 0 aliphatic heterocycles. The average Bonchev–Trinajstić information content (AvgIpc) is 2.72. The van der Waals surface area contributed by atoms with Crippen molar-refractivity contribution in [3.05, 3.63) is 34.8 Å². The lowest BCUT2D eigenvalue weighted by Crippen LogP contribution is -2.26. The second-order valence-electron chi connectivity index (χ2n) is 4.44. The maximum atomic E-state index is 11.7. The lowest BCUT2D eigenvalue weighted by Gasteiger charge is -2.04. The summed E-state index contributed by atoms with van der Waals surface area (Å²) in [4.78, 5) is 23.3. The van der Waals surface area contributed by atoms with Gasteiger partial charge in [-0.3, -0.25) is 9.36 Å². The summed E-state index contributed by atoms with van der Waals surface area (Å²) in [5.74, 6) is -0.451. The van der Waals surface area contributed by atoms with Crippen LogP contribution in [-0.4, -0.2) is 17.0 Å². The molecule has 5 heteroatoms. The molecular weight excluding hydrogens is 244 g/mol. The van der Waals surface area contributed by atoms with E-state index < -0.39 is 5.76 Å². The van der Waals surface area contributed by atoms with Crippen molar-refractivity contribution in [1.82, 2.24) is 9.88 Å². The Balaban J connectivity index is 2.00. The van der Waals surface area contributed by atoms with Gasteiger partial charge in [-0.1, -0.05) is 25.5 Å². The lowest BCUT2D eigenvalue weighted by molar-refractivity contribution is -0.121. The molecule has 0 radical (unpaired) electrons. The van der Waals surface area contributed by atoms with Gasteiger partial charge in [0.2, 0.25) is 5.91 Å². The fourth-order valence-corrected chi connectivity index (χ4v) is 1.93. The third kappa shape index (κ3) is 3.24. The van der Waals surface area contributed by atoms with Gasteiger partial charge in [-0.25, -0.2) is 4.79 Å². The standard InChI is InChI=1S/C14H18N2O3/c1-2-3-9-15-13(17)8-10-16-11-6-4-5-7-12(11)19-14(16)18/h4-7H,2-3,8-10H2,1H3,(H,15,17). The van der Waals surface area contributed by atoms with Crippen LogP contribution in [0.1, 0.15) is 26.2 Å². The van der Waals surface area contributed by atoms with Crippen LogP contribution in [0.3, 0.4) is 0 Å². The van der Waals surface area contributed by atoms with Crippen molar-refractivity contribution in [3.8, 4) is 0 Å². The lowest BCUT2D eigenvalue weighted by atomic mass is 10.3. The van der Waals surface area contributed by atoms with Crippen LogP contribution in [0.2, 0.25) is 0 Å². The first kappa shape index (κ1) is 13.4. The van der Waals surface area contributed by atoms with Crippen LogP contribution in [0.25, 0.3) is 11.1 Å². The van der Waals surface area contributed by atoms with E-state index >= 15 is 0 Å². The first-order chi connectivity index (χ1) is 9.22. The number of nitrogens with zero attached hydrogens (tertiary/aromatic N) is 1. The van der Waals surface area contributed by atoms with Crippen LogP contribution in [0.4, 0.5) is 0 Å². The third-order valence-electron chi connectivity index (χ3n) is 2.99. The topological polar surface area (TPSA) is 64.2 Å². The number of fused-ring (bicyclic) bond motifs is 1. The number of benzene rings is 1. The van der Waals surface area contributed by atoms with Crippen molar-refractivity contribution >= 4 is 17.0 Å². The Morgan fingerprint density at radius 2 is 2.16 bits per heavy atom. The summed E-state index contributed by atoms with van der Waals surface area (Å²) in [6.07, 6.45) is 2.31. The van der Waals surface area contributed by atoms with Crippen LogP contribution in [-0.2, 0) is 11.3 Å². The van der Waals surface area contributed by atoms with Gasteiger partial charge in [-0.2, -0.15) is 0 Å². The molecule has 2 rings (SSSR count). The fourth-order valence-electron chi connectivity index (χ4n) is 1.93. The highest BCUT2D eigenvalue weighted by molar-refractivity contribution is 5.76. The van der Waals surface area contributed by atoms with E-state index in [2.05, 4.69) is 12.2 Å². The normalized spacial score (nSPS) is 10.8. The largest absolute Gasteiger partial charge is 0.419 e. The molecule has 5 nitrogen and oxygen atoms in total. The zero-order valence-corrected chi connectivity index (χ0v) is 11.0. The van der Waals surface area contributed by atoms with E-state index in [-0.39, 0.29) is 12.3 Å². The van der Waals surface area contributed by atoms with Crippen molar-refractivity contribution in [2.75, 3.05) is 6.54 Å². The van der Waals surface area contributed by atoms with Gasteiger partial charge in [-0.15, -0.1) is 0 Å². The summed E-state index contributed by atoms with van der Waals surface area (Å²) in [5, 5.41) is 2.83. The zero-order valence-electron chi connectivity index (χ0n) is 11.0. The number of carbonyl (C=O) groups is 1. The highest BCUT2D eigenvalue weighted by atomic mass is 16.4. The minimum absolute atomic E-state index is 0.0365. The van der Waals surface area contributed by atoms with Gasteiger partial charge in [0.05, 0.1) is 5.52 Å². The molecule has 102 valence electrons. The smallest absolute Gasteiger partial charge is 0.408 e. The van der Waals surface area contributed by atoms with Crippen LogP contribution >= 0.6 is 0 Å². The van der Waals surface area contributed by atoms with Gasteiger partial charge in [0, 0.05) is 19.5 Å². The number of nitrogens with one attached hydrogen (secondary N) is 1. The van der Waals surface area contributed by atoms with E-state index in [0.717, 1.165) is 18.4 Å². The first-order valence-electron chi connectivity index (χ1n) is 6.57. The van der Waals surface area contributed by atoms with Crippen molar-refractivity contribution in [2.45, 2.75) is 32.7 Å². The molecule has 0 aliphatic carbocycles. The minimum atomic E-state index is -0.414. The SMILES string of the molecule is CCCCNC(=O)CCn1c(=O)oc2ccccc21. The molecule has 0 atom stereocenters. The molecule has 1 N–H and O–H groups in total. The first-order valence-corrected chi connectivity index (χ1v) is 6.57. The predicted molar refractivity (Wildman–Crippen MR) is 73.0 cm³/mol. The molecule has 1 amide bonds. The Labute approximate surface area is 111 Å². The van der Waals surface area contributed by atoms with E-state index in [9.17, 15) is 9.59 Å². The second kappa shape index (κ2) is 6.22. The van der Waals surface area contributed by atoms with Gasteiger partial charge < -0.3 is 9.73 Å². The average molecular weight is 262 g/mol. The summed E-state index contributed by atoms with van der Waals surface area (Å²) in [5.41, 5.74) is 1.28. The molecule has 0 saturated carbocycles. The van der Waals surface area contributed by atoms with Crippen LogP contribution in [0, 0.1) is 0 Å². The van der Waals surface area contributed by atoms with Gasteiger partial charge >= 0.3 is 5.76 Å². The number of carbonyl (C=O) groups excluding carboxylic acids is 1. The summed E-state index contributed by atoms with van der Waals surface area (Å²) in [7, 11) is 0. The van der Waals surface area contributed by atoms with E-state index in [4.69, 9.17) is 4.42 Å². The van der Waals surface area contributed by atoms with Crippen molar-refractivity contribution in [2.24, 2.45) is 0 Å². The Hall–Kier alpha value is -2.04. The highest BCUT2D eigenvalue weighted by Gasteiger charge is 2.09. The maximum absolute atomic E-state index is 11.7. The second-order valence-corrected chi connectivity index (χ2v) is 4.44. The number of oxazole rings is 1. The third-order valence-corrected chi connectivity index (χ3v) is 2.99. The van der Waals surface area contributed by atoms with Gasteiger partial charge in [0.1, 0.15) is 0 Å². The van der Waals surface area contributed by atoms with Crippen molar-refractivity contribution in [3.63, 3.8) is 0 Å². The Morgan fingerprint density at radius 1 is 1.37 bits per heavy atom. The number of para-hydroxylation sites is 2. The molecule has 1 heterocycles. The summed E-state index contributed by atoms with van der Waals surface area (Å²) < 4.78 is 6.60. The fraction of sp³-hybridized carbons (Fsp3) is 0.429. The van der Waals surface area contributed by atoms with E-state index in [1.54, 1.807) is 6.07 Å². The number of rotatable bonds is 6. The van der Waals surface area contributed by atoms with Gasteiger partial charge in [0.15, 0.2) is 5.58 Å². The number of unbranched alkanes of at least 4 members (excludes halogenated alkanes) is 1. The molecule has 2 aromatic rings. The van der Waals surface area contributed by atoms with Crippen LogP contribution in [0.5, 0.6) is 0 Å². The number of hydrogen-bond donors (Lipinski definition) is 1. The number of hydrogen-bond acceptors (Lipinski definition) is 3. The van der Waals surface area contributed by atoms with Gasteiger partial charge in [-0.05, 0) is 18.6 Å². The van der Waals surface area contributed by atoms with E-state index in [1.165, 1.54) is 4.57 Å². The molecule has 0 fully saturated rings. The monoisotopic (exact) mass is 262 g/mol. The molecule has 0 bridgehead atoms. The highest BCUT2D eigenvalue weighted by Crippen LogP contribution is 2.11. The summed E-state index contributed by atoms with van der Waals surface area (Å²) in [6.45, 7) is 3.10. The van der Waals surface area contributed by atoms with Crippen molar-refractivity contribution < 1.29 is 9.21 Å². The zero-order chi connectivity index (χ0) is 13.7. The van der Waals surface area contributed by atoms with E-state index in [0.29, 0.717) is 18.7 Å². The Bertz CT molecular complexity index is 612. The maximum Gasteiger partial charge on any atom is 0.419 e. The molecule has 0 aliphatic rings. The molecule has 1 aromatic heterocycles. The summed E-state index contributed by atoms with van der Waals surface area (Å²) in [6, 6.07) is 7.21. The molecule has 0 spiro atoms. The molecular formula is C14H18N2O3. The summed E-state index contributed by atoms with van der Waals surface area (Å²) >= 11 is 0. The van der Waals surface area contributed by atoms with Gasteiger partial charge in [0.25, 0.3) is 0 Å². The molecule has 0 unspecified atom stereocenters. The molecule has 1 aromatic carbocycles. The number of amides is 1. The number of aromatic nitrogens is 1. The van der Waals surface area contributed by atoms with Crippen LogP contribution < -0.4 is 11.1 Å². The number of aryl methyl sites for hydroxylation is 1. The molecule has 0 saturated heterocycles. The Morgan fingerprint density at radius 3 is 2.95 bits per heavy atom. The van der Waals surface area contributed by atoms with Crippen LogP contribution in [0.15, 0.2) is 33.5 Å². The Kier molecular flexibility index (Phi) is 4.39. The van der Waals surface area contributed by atoms with E-state index in [1.807, 2.05) is 18.2 Å². The minimum Gasteiger partial charge on any atom is -0.408 e. The quantitative estimate of drug-likeness (QED) is 0.809. The van der Waals surface area contributed by atoms with Crippen molar-refractivity contribution in [1.29, 1.82) is 0 Å². The predicted octanol–water partition coefficient (Wildman–Crippen LogP) is 1.90.